The van der Waals surface area contributed by atoms with Crippen molar-refractivity contribution in [3.63, 3.8) is 0 Å². The van der Waals surface area contributed by atoms with Gasteiger partial charge in [0.15, 0.2) is 15.8 Å². The summed E-state index contributed by atoms with van der Waals surface area (Å²) in [6.45, 7) is 0.299. The fourth-order valence-corrected chi connectivity index (χ4v) is 3.57. The Morgan fingerprint density at radius 3 is 2.81 bits per heavy atom. The van der Waals surface area contributed by atoms with Crippen LogP contribution in [0, 0.1) is 0 Å². The number of alkyl halides is 2. The highest BCUT2D eigenvalue weighted by Crippen LogP contribution is 2.31. The summed E-state index contributed by atoms with van der Waals surface area (Å²) in [7, 11) is -1.43. The molecule has 1 fully saturated rings. The normalized spacial score (nSPS) is 18.0. The number of sulfone groups is 1. The zero-order chi connectivity index (χ0) is 19.9. The van der Waals surface area contributed by atoms with E-state index in [1.807, 2.05) is 4.90 Å². The van der Waals surface area contributed by atoms with E-state index < -0.39 is 16.4 Å². The molecule has 0 aromatic heterocycles. The van der Waals surface area contributed by atoms with Crippen LogP contribution >= 0.6 is 0 Å². The lowest BCUT2D eigenvalue weighted by Crippen LogP contribution is -2.45. The molecule has 1 aromatic rings. The fourth-order valence-electron chi connectivity index (χ4n) is 2.87. The molecule has 1 aliphatic rings. The van der Waals surface area contributed by atoms with Gasteiger partial charge >= 0.3 is 6.61 Å². The number of hydrogen-bond donors (Lipinski definition) is 2. The number of anilines is 1. The summed E-state index contributed by atoms with van der Waals surface area (Å²) in [6, 6.07) is 6.77. The first-order chi connectivity index (χ1) is 12.8. The molecule has 1 aliphatic heterocycles. The van der Waals surface area contributed by atoms with E-state index in [0.29, 0.717) is 24.7 Å². The quantitative estimate of drug-likeness (QED) is 0.504. The molecule has 27 heavy (non-hydrogen) atoms. The molecular weight excluding hydrogens is 378 g/mol. The summed E-state index contributed by atoms with van der Waals surface area (Å²) in [5.41, 5.74) is 0.624. The van der Waals surface area contributed by atoms with Crippen LogP contribution in [-0.4, -0.2) is 65.2 Å². The van der Waals surface area contributed by atoms with Crippen molar-refractivity contribution in [1.82, 2.24) is 10.6 Å². The van der Waals surface area contributed by atoms with Gasteiger partial charge in [-0.15, -0.1) is 0 Å². The highest BCUT2D eigenvalue weighted by atomic mass is 32.2. The molecule has 2 N–H and O–H groups in total. The second-order valence-electron chi connectivity index (χ2n) is 6.16. The summed E-state index contributed by atoms with van der Waals surface area (Å²) >= 11 is 0. The lowest BCUT2D eigenvalue weighted by Gasteiger charge is -2.22. The average Bonchev–Trinajstić information content (AvgIpc) is 3.09. The summed E-state index contributed by atoms with van der Waals surface area (Å²) in [4.78, 5) is 6.09. The number of nitrogens with zero attached hydrogens (tertiary/aromatic N) is 2. The van der Waals surface area contributed by atoms with Crippen molar-refractivity contribution in [2.45, 2.75) is 26.0 Å². The Labute approximate surface area is 158 Å². The molecule has 1 heterocycles. The minimum Gasteiger partial charge on any atom is -0.433 e. The predicted octanol–water partition coefficient (Wildman–Crippen LogP) is 1.47. The van der Waals surface area contributed by atoms with E-state index in [-0.39, 0.29) is 29.8 Å². The van der Waals surface area contributed by atoms with Gasteiger partial charge in [0.2, 0.25) is 0 Å². The first kappa shape index (κ1) is 21.2. The van der Waals surface area contributed by atoms with Crippen molar-refractivity contribution >= 4 is 21.5 Å². The molecule has 7 nitrogen and oxygen atoms in total. The zero-order valence-corrected chi connectivity index (χ0v) is 16.3. The van der Waals surface area contributed by atoms with Crippen LogP contribution in [-0.2, 0) is 9.84 Å². The van der Waals surface area contributed by atoms with Gasteiger partial charge in [0.1, 0.15) is 5.75 Å². The lowest BCUT2D eigenvalue weighted by molar-refractivity contribution is -0.0495. The number of ether oxygens (including phenoxy) is 1. The molecule has 0 saturated carbocycles. The maximum atomic E-state index is 12.6. The summed E-state index contributed by atoms with van der Waals surface area (Å²) in [5, 5.41) is 6.24. The largest absolute Gasteiger partial charge is 0.433 e. The predicted molar refractivity (Wildman–Crippen MR) is 103 cm³/mol. The van der Waals surface area contributed by atoms with Crippen molar-refractivity contribution in [3.8, 4) is 5.75 Å². The Morgan fingerprint density at radius 1 is 1.41 bits per heavy atom. The van der Waals surface area contributed by atoms with Gasteiger partial charge in [-0.25, -0.2) is 8.42 Å². The van der Waals surface area contributed by atoms with Crippen molar-refractivity contribution in [1.29, 1.82) is 0 Å². The Kier molecular flexibility index (Phi) is 7.64. The SMILES string of the molecule is CCS(=O)(=O)CCNC(=NC)NC1CCN(c2ccccc2OC(F)F)C1. The van der Waals surface area contributed by atoms with Gasteiger partial charge in [0.25, 0.3) is 0 Å². The monoisotopic (exact) mass is 404 g/mol. The molecule has 10 heteroatoms. The molecule has 1 unspecified atom stereocenters. The Bertz CT molecular complexity index is 743. The van der Waals surface area contributed by atoms with Gasteiger partial charge in [-0.3, -0.25) is 4.99 Å². The molecule has 152 valence electrons. The number of rotatable bonds is 8. The highest BCUT2D eigenvalue weighted by Gasteiger charge is 2.26. The first-order valence-corrected chi connectivity index (χ1v) is 10.6. The van der Waals surface area contributed by atoms with E-state index in [0.717, 1.165) is 6.42 Å². The summed E-state index contributed by atoms with van der Waals surface area (Å²) < 4.78 is 52.9. The van der Waals surface area contributed by atoms with Crippen molar-refractivity contribution in [3.05, 3.63) is 24.3 Å². The highest BCUT2D eigenvalue weighted by molar-refractivity contribution is 7.91. The first-order valence-electron chi connectivity index (χ1n) is 8.81. The number of aliphatic imine (C=N–C) groups is 1. The van der Waals surface area contributed by atoms with Crippen LogP contribution in [0.5, 0.6) is 5.75 Å². The van der Waals surface area contributed by atoms with E-state index in [4.69, 9.17) is 0 Å². The number of benzene rings is 1. The maximum Gasteiger partial charge on any atom is 0.387 e. The molecule has 0 amide bonds. The molecule has 0 bridgehead atoms. The third-order valence-electron chi connectivity index (χ3n) is 4.32. The Hall–Kier alpha value is -2.10. The molecular formula is C17H26F2N4O3S. The Balaban J connectivity index is 1.90. The van der Waals surface area contributed by atoms with E-state index in [1.165, 1.54) is 6.07 Å². The Morgan fingerprint density at radius 2 is 2.15 bits per heavy atom. The van der Waals surface area contributed by atoms with E-state index in [2.05, 4.69) is 20.4 Å². The smallest absolute Gasteiger partial charge is 0.387 e. The molecule has 1 saturated heterocycles. The van der Waals surface area contributed by atoms with Crippen LogP contribution in [0.4, 0.5) is 14.5 Å². The molecule has 2 rings (SSSR count). The lowest BCUT2D eigenvalue weighted by atomic mass is 10.2. The van der Waals surface area contributed by atoms with E-state index in [9.17, 15) is 17.2 Å². The van der Waals surface area contributed by atoms with E-state index in [1.54, 1.807) is 32.2 Å². The van der Waals surface area contributed by atoms with Crippen LogP contribution < -0.4 is 20.3 Å². The topological polar surface area (TPSA) is 83.0 Å². The number of halogens is 2. The van der Waals surface area contributed by atoms with Crippen molar-refractivity contribution in [2.24, 2.45) is 4.99 Å². The number of nitrogens with one attached hydrogen (secondary N) is 2. The van der Waals surface area contributed by atoms with Gasteiger partial charge < -0.3 is 20.3 Å². The van der Waals surface area contributed by atoms with Crippen LogP contribution in [0.15, 0.2) is 29.3 Å². The van der Waals surface area contributed by atoms with Gasteiger partial charge in [-0.05, 0) is 18.6 Å². The third kappa shape index (κ3) is 6.53. The maximum absolute atomic E-state index is 12.6. The van der Waals surface area contributed by atoms with Crippen molar-refractivity contribution in [2.75, 3.05) is 43.1 Å². The van der Waals surface area contributed by atoms with Gasteiger partial charge in [-0.2, -0.15) is 8.78 Å². The van der Waals surface area contributed by atoms with Crippen LogP contribution in [0.2, 0.25) is 0 Å². The minimum absolute atomic E-state index is 0.0410. The van der Waals surface area contributed by atoms with Crippen LogP contribution in [0.25, 0.3) is 0 Å². The third-order valence-corrected chi connectivity index (χ3v) is 6.03. The van der Waals surface area contributed by atoms with Crippen LogP contribution in [0.3, 0.4) is 0 Å². The second kappa shape index (κ2) is 9.72. The molecule has 0 spiro atoms. The minimum atomic E-state index is -3.04. The average molecular weight is 404 g/mol. The molecule has 0 aliphatic carbocycles. The second-order valence-corrected chi connectivity index (χ2v) is 8.63. The number of hydrogen-bond acceptors (Lipinski definition) is 5. The number of para-hydroxylation sites is 2. The summed E-state index contributed by atoms with van der Waals surface area (Å²) in [6.07, 6.45) is 0.789. The van der Waals surface area contributed by atoms with Gasteiger partial charge in [0, 0.05) is 38.5 Å². The zero-order valence-electron chi connectivity index (χ0n) is 15.5. The fraction of sp³-hybridized carbons (Fsp3) is 0.588. The number of guanidine groups is 1. The molecule has 1 aromatic carbocycles. The molecule has 0 radical (unpaired) electrons. The van der Waals surface area contributed by atoms with Gasteiger partial charge in [-0.1, -0.05) is 19.1 Å². The summed E-state index contributed by atoms with van der Waals surface area (Å²) in [5.74, 6) is 0.822. The van der Waals surface area contributed by atoms with Crippen molar-refractivity contribution < 1.29 is 21.9 Å². The van der Waals surface area contributed by atoms with Crippen LogP contribution in [0.1, 0.15) is 13.3 Å². The molecule has 1 atom stereocenters. The van der Waals surface area contributed by atoms with E-state index >= 15 is 0 Å². The van der Waals surface area contributed by atoms with Gasteiger partial charge in [0.05, 0.1) is 11.4 Å². The standard InChI is InChI=1S/C17H26F2N4O3S/c1-3-27(24,25)11-9-21-17(20-2)22-13-8-10-23(12-13)14-6-4-5-7-15(14)26-16(18)19/h4-7,13,16H,3,8-12H2,1-2H3,(H2,20,21,22).